The van der Waals surface area contributed by atoms with Gasteiger partial charge in [0.25, 0.3) is 0 Å². The molecule has 0 aliphatic carbocycles. The number of aromatic nitrogens is 2. The molecular weight excluding hydrogens is 673 g/mol. The number of nitrogens with zero attached hydrogens (tertiary/aromatic N) is 3. The Morgan fingerprint density at radius 3 is 2.31 bits per heavy atom. The second-order valence-corrected chi connectivity index (χ2v) is 15.4. The Balaban J connectivity index is 1.27. The highest BCUT2D eigenvalue weighted by atomic mass is 31.2. The van der Waals surface area contributed by atoms with Crippen molar-refractivity contribution in [2.45, 2.75) is 94.3 Å². The lowest BCUT2D eigenvalue weighted by Crippen LogP contribution is -2.59. The van der Waals surface area contributed by atoms with E-state index in [0.29, 0.717) is 43.5 Å². The van der Waals surface area contributed by atoms with Gasteiger partial charge in [0.1, 0.15) is 18.1 Å². The van der Waals surface area contributed by atoms with Crippen LogP contribution in [0.3, 0.4) is 0 Å². The summed E-state index contributed by atoms with van der Waals surface area (Å²) < 4.78 is 11.4. The van der Waals surface area contributed by atoms with Crippen LogP contribution in [-0.2, 0) is 49.3 Å². The molecule has 51 heavy (non-hydrogen) atoms. The number of rotatable bonds is 14. The van der Waals surface area contributed by atoms with E-state index in [1.807, 2.05) is 30.3 Å². The number of benzene rings is 2. The Kier molecular flexibility index (Phi) is 12.8. The summed E-state index contributed by atoms with van der Waals surface area (Å²) in [4.78, 5) is 84.4. The van der Waals surface area contributed by atoms with Crippen LogP contribution in [0.1, 0.15) is 60.9 Å². The van der Waals surface area contributed by atoms with Gasteiger partial charge in [0.15, 0.2) is 0 Å². The van der Waals surface area contributed by atoms with Crippen molar-refractivity contribution in [3.05, 3.63) is 89.5 Å². The molecule has 3 aromatic rings. The van der Waals surface area contributed by atoms with Crippen LogP contribution in [0.4, 0.5) is 0 Å². The molecule has 1 aromatic heterocycles. The highest BCUT2D eigenvalue weighted by Crippen LogP contribution is 2.39. The van der Waals surface area contributed by atoms with Crippen LogP contribution in [0.25, 0.3) is 0 Å². The van der Waals surface area contributed by atoms with Crippen LogP contribution >= 0.6 is 7.60 Å². The topological polar surface area (TPSA) is 197 Å². The van der Waals surface area contributed by atoms with Crippen molar-refractivity contribution in [3.63, 3.8) is 0 Å². The Labute approximate surface area is 297 Å². The fourth-order valence-electron chi connectivity index (χ4n) is 6.94. The normalized spacial score (nSPS) is 20.5. The summed E-state index contributed by atoms with van der Waals surface area (Å²) in [6.45, 7) is 0.294. The molecule has 274 valence electrons. The lowest BCUT2D eigenvalue weighted by molar-refractivity contribution is -0.145. The van der Waals surface area contributed by atoms with Crippen molar-refractivity contribution in [2.75, 3.05) is 14.1 Å². The Bertz CT molecular complexity index is 1680. The van der Waals surface area contributed by atoms with E-state index in [0.717, 1.165) is 30.4 Å². The predicted octanol–water partition coefficient (Wildman–Crippen LogP) is 2.02. The largest absolute Gasteiger partial charge is 0.350 e. The van der Waals surface area contributed by atoms with Crippen LogP contribution in [0.2, 0.25) is 0 Å². The molecular formula is C36H48N7O7P. The number of hydrogen-bond donors (Lipinski definition) is 6. The molecule has 2 aliphatic rings. The zero-order valence-electron chi connectivity index (χ0n) is 29.0. The number of fused-ring (bicyclic) bond motifs is 1. The van der Waals surface area contributed by atoms with Gasteiger partial charge in [-0.1, -0.05) is 67.4 Å². The summed E-state index contributed by atoms with van der Waals surface area (Å²) in [7, 11) is -0.652. The third-order valence-corrected chi connectivity index (χ3v) is 10.4. The number of nitrogens with one attached hydrogen (secondary N) is 4. The summed E-state index contributed by atoms with van der Waals surface area (Å²) >= 11 is 0. The van der Waals surface area contributed by atoms with Crippen LogP contribution in [0.15, 0.2) is 67.1 Å². The third-order valence-electron chi connectivity index (χ3n) is 9.64. The number of carbonyl (C=O) groups excluding carboxylic acids is 4. The van der Waals surface area contributed by atoms with Gasteiger partial charge in [0, 0.05) is 30.9 Å². The second-order valence-electron chi connectivity index (χ2n) is 13.7. The molecule has 1 unspecified atom stereocenters. The number of amides is 4. The first kappa shape index (κ1) is 37.9. The quantitative estimate of drug-likeness (QED) is 0.135. The molecule has 0 saturated carbocycles. The summed E-state index contributed by atoms with van der Waals surface area (Å²) in [6, 6.07) is 13.0. The van der Waals surface area contributed by atoms with E-state index in [1.54, 1.807) is 54.4 Å². The highest BCUT2D eigenvalue weighted by Gasteiger charge is 2.45. The minimum absolute atomic E-state index is 0.151. The van der Waals surface area contributed by atoms with Crippen molar-refractivity contribution >= 4 is 31.2 Å². The first-order chi connectivity index (χ1) is 24.4. The van der Waals surface area contributed by atoms with E-state index < -0.39 is 37.7 Å². The zero-order chi connectivity index (χ0) is 36.5. The van der Waals surface area contributed by atoms with E-state index in [1.165, 1.54) is 6.33 Å². The number of carbonyl (C=O) groups is 4. The molecule has 0 radical (unpaired) electrons. The lowest BCUT2D eigenvalue weighted by atomic mass is 9.98. The first-order valence-corrected chi connectivity index (χ1v) is 19.2. The van der Waals surface area contributed by atoms with Crippen LogP contribution in [-0.4, -0.2) is 97.5 Å². The van der Waals surface area contributed by atoms with Crippen molar-refractivity contribution < 1.29 is 33.5 Å². The molecule has 2 saturated heterocycles. The maximum Gasteiger partial charge on any atom is 0.329 e. The van der Waals surface area contributed by atoms with Crippen molar-refractivity contribution in [3.8, 4) is 0 Å². The van der Waals surface area contributed by atoms with E-state index >= 15 is 0 Å². The second kappa shape index (κ2) is 17.2. The average Bonchev–Trinajstić information content (AvgIpc) is 3.76. The third kappa shape index (κ3) is 10.6. The number of imidazole rings is 1. The summed E-state index contributed by atoms with van der Waals surface area (Å²) in [5, 5.41) is 8.83. The molecule has 4 amide bonds. The molecule has 5 rings (SSSR count). The van der Waals surface area contributed by atoms with Gasteiger partial charge in [0.2, 0.25) is 23.6 Å². The van der Waals surface area contributed by atoms with Crippen LogP contribution in [0.5, 0.6) is 0 Å². The van der Waals surface area contributed by atoms with Crippen LogP contribution < -0.4 is 16.0 Å². The Morgan fingerprint density at radius 2 is 1.65 bits per heavy atom. The molecule has 0 bridgehead atoms. The fourth-order valence-corrected chi connectivity index (χ4v) is 7.63. The number of likely N-dealkylation sites (N-methyl/N-ethyl adjacent to an activating group) is 1. The van der Waals surface area contributed by atoms with Crippen LogP contribution in [0, 0.1) is 0 Å². The molecule has 5 atom stereocenters. The highest BCUT2D eigenvalue weighted by molar-refractivity contribution is 7.50. The fraction of sp³-hybridized carbons (Fsp3) is 0.472. The molecule has 0 spiro atoms. The standard InChI is InChI=1S/C36H48N7O7P/c1-42(2)32(18-24-12-14-26(15-13-24)22-51(48,49)50)35(46)40-29-11-7-6-10-28-16-17-31(43(28)36(29)47)34(45)41-30(19-27-21-37-23-39-27)33(44)38-20-25-8-4-3-5-9-25/h3-5,8-9,12-15,21,23,28-32H,6-7,10-11,16-20,22H2,1-2H3,(H,37,39)(H,38,44)(H,40,46)(H,41,45)(H2,48,49,50)/t28?,29-,30-,31-,32-/m0/s1. The number of aromatic amines is 1. The van der Waals surface area contributed by atoms with Gasteiger partial charge >= 0.3 is 7.60 Å². The van der Waals surface area contributed by atoms with E-state index in [4.69, 9.17) is 0 Å². The van der Waals surface area contributed by atoms with Gasteiger partial charge in [0.05, 0.1) is 18.5 Å². The smallest absolute Gasteiger partial charge is 0.329 e. The molecule has 2 aliphatic heterocycles. The monoisotopic (exact) mass is 721 g/mol. The van der Waals surface area contributed by atoms with Gasteiger partial charge in [-0.25, -0.2) is 4.98 Å². The Morgan fingerprint density at radius 1 is 0.941 bits per heavy atom. The van der Waals surface area contributed by atoms with Crippen molar-refractivity contribution in [1.82, 2.24) is 35.7 Å². The van der Waals surface area contributed by atoms with E-state index in [2.05, 4.69) is 25.9 Å². The molecule has 15 heteroatoms. The molecule has 6 N–H and O–H groups in total. The maximum absolute atomic E-state index is 14.2. The summed E-state index contributed by atoms with van der Waals surface area (Å²) in [5.41, 5.74) is 2.90. The number of hydrogen-bond acceptors (Lipinski definition) is 7. The predicted molar refractivity (Wildman–Crippen MR) is 190 cm³/mol. The molecule has 2 aromatic carbocycles. The SMILES string of the molecule is CN(C)[C@@H](Cc1ccc(CP(=O)(O)O)cc1)C(=O)N[C@H]1CCCCC2CC[C@@H](C(=O)N[C@@H](Cc3cnc[nH]3)C(=O)NCc3ccccc3)N2C1=O. The number of H-pyrrole nitrogens is 1. The van der Waals surface area contributed by atoms with Crippen molar-refractivity contribution in [2.24, 2.45) is 0 Å². The molecule has 2 fully saturated rings. The maximum atomic E-state index is 14.2. The molecule has 3 heterocycles. The van der Waals surface area contributed by atoms with E-state index in [-0.39, 0.29) is 36.3 Å². The Hall–Kier alpha value is -4.36. The van der Waals surface area contributed by atoms with Crippen molar-refractivity contribution in [1.29, 1.82) is 0 Å². The summed E-state index contributed by atoms with van der Waals surface area (Å²) in [5.74, 6) is -1.40. The van der Waals surface area contributed by atoms with Gasteiger partial charge in [-0.05, 0) is 62.9 Å². The van der Waals surface area contributed by atoms with Gasteiger partial charge < -0.3 is 35.6 Å². The van der Waals surface area contributed by atoms with Gasteiger partial charge in [-0.3, -0.25) is 28.6 Å². The first-order valence-electron chi connectivity index (χ1n) is 17.4. The molecule has 14 nitrogen and oxygen atoms in total. The minimum Gasteiger partial charge on any atom is -0.350 e. The van der Waals surface area contributed by atoms with Gasteiger partial charge in [-0.15, -0.1) is 0 Å². The minimum atomic E-state index is -4.21. The lowest BCUT2D eigenvalue weighted by Gasteiger charge is -2.36. The van der Waals surface area contributed by atoms with Gasteiger partial charge in [-0.2, -0.15) is 0 Å². The summed E-state index contributed by atoms with van der Waals surface area (Å²) in [6.07, 6.45) is 7.13. The average molecular weight is 722 g/mol. The van der Waals surface area contributed by atoms with E-state index in [9.17, 15) is 33.5 Å². The zero-order valence-corrected chi connectivity index (χ0v) is 29.9.